The number of carbonyl (C=O) groups is 1. The Bertz CT molecular complexity index is 955. The van der Waals surface area contributed by atoms with Crippen LogP contribution in [0.3, 0.4) is 0 Å². The standard InChI is InChI=1S/C18H18ClN5OS/c1-11(2)8-17(25)21-18(26)20-14-10-16-15(9-13(14)19)22-24(23-16)12-6-4-3-5-7-12/h3-7,9-11H,8H2,1-2H3,(H2,20,21,25,26). The number of anilines is 1. The Kier molecular flexibility index (Phi) is 5.49. The van der Waals surface area contributed by atoms with Crippen LogP contribution in [-0.4, -0.2) is 26.0 Å². The SMILES string of the molecule is CC(C)CC(=O)NC(=S)Nc1cc2nn(-c3ccccc3)nc2cc1Cl. The molecule has 0 atom stereocenters. The van der Waals surface area contributed by atoms with E-state index in [1.165, 1.54) is 0 Å². The number of para-hydroxylation sites is 1. The van der Waals surface area contributed by atoms with Crippen LogP contribution in [-0.2, 0) is 4.79 Å². The second-order valence-electron chi connectivity index (χ2n) is 6.25. The van der Waals surface area contributed by atoms with Gasteiger partial charge in [0.1, 0.15) is 11.0 Å². The number of thiocarbonyl (C=S) groups is 1. The van der Waals surface area contributed by atoms with Crippen molar-refractivity contribution in [1.82, 2.24) is 20.3 Å². The molecule has 0 fully saturated rings. The summed E-state index contributed by atoms with van der Waals surface area (Å²) in [5.41, 5.74) is 2.75. The van der Waals surface area contributed by atoms with E-state index in [9.17, 15) is 4.79 Å². The van der Waals surface area contributed by atoms with Gasteiger partial charge in [0.05, 0.1) is 16.4 Å². The van der Waals surface area contributed by atoms with Gasteiger partial charge >= 0.3 is 0 Å². The number of nitrogens with one attached hydrogen (secondary N) is 2. The van der Waals surface area contributed by atoms with E-state index < -0.39 is 0 Å². The van der Waals surface area contributed by atoms with Crippen molar-refractivity contribution in [1.29, 1.82) is 0 Å². The number of hydrogen-bond acceptors (Lipinski definition) is 4. The third-order valence-corrected chi connectivity index (χ3v) is 4.07. The Morgan fingerprint density at radius 3 is 2.50 bits per heavy atom. The molecule has 1 heterocycles. The molecule has 26 heavy (non-hydrogen) atoms. The Balaban J connectivity index is 1.80. The maximum Gasteiger partial charge on any atom is 0.226 e. The van der Waals surface area contributed by atoms with Gasteiger partial charge in [0.25, 0.3) is 0 Å². The number of amides is 1. The molecule has 3 rings (SSSR count). The molecule has 0 spiro atoms. The molecule has 6 nitrogen and oxygen atoms in total. The quantitative estimate of drug-likeness (QED) is 0.663. The third kappa shape index (κ3) is 4.36. The fourth-order valence-corrected chi connectivity index (χ4v) is 2.84. The summed E-state index contributed by atoms with van der Waals surface area (Å²) in [6.45, 7) is 3.94. The number of nitrogens with zero attached hydrogens (tertiary/aromatic N) is 3. The van der Waals surface area contributed by atoms with Gasteiger partial charge in [-0.05, 0) is 42.4 Å². The first kappa shape index (κ1) is 18.3. The lowest BCUT2D eigenvalue weighted by atomic mass is 10.1. The maximum absolute atomic E-state index is 11.8. The monoisotopic (exact) mass is 387 g/mol. The smallest absolute Gasteiger partial charge is 0.226 e. The van der Waals surface area contributed by atoms with Crippen molar-refractivity contribution in [3.63, 3.8) is 0 Å². The van der Waals surface area contributed by atoms with Gasteiger partial charge in [-0.1, -0.05) is 43.6 Å². The minimum Gasteiger partial charge on any atom is -0.331 e. The summed E-state index contributed by atoms with van der Waals surface area (Å²) in [6.07, 6.45) is 0.403. The van der Waals surface area contributed by atoms with E-state index in [1.807, 2.05) is 44.2 Å². The summed E-state index contributed by atoms with van der Waals surface area (Å²) in [6, 6.07) is 13.1. The molecule has 1 aromatic heterocycles. The summed E-state index contributed by atoms with van der Waals surface area (Å²) in [7, 11) is 0. The number of rotatable bonds is 4. The first-order chi connectivity index (χ1) is 12.4. The van der Waals surface area contributed by atoms with Crippen LogP contribution in [0.1, 0.15) is 20.3 Å². The highest BCUT2D eigenvalue weighted by atomic mass is 35.5. The zero-order chi connectivity index (χ0) is 18.7. The molecule has 2 N–H and O–H groups in total. The molecule has 2 aromatic carbocycles. The molecule has 8 heteroatoms. The minimum atomic E-state index is -0.135. The number of aromatic nitrogens is 3. The van der Waals surface area contributed by atoms with E-state index in [1.54, 1.807) is 16.9 Å². The van der Waals surface area contributed by atoms with Gasteiger partial charge in [-0.25, -0.2) is 0 Å². The van der Waals surface area contributed by atoms with Gasteiger partial charge in [0.2, 0.25) is 5.91 Å². The molecule has 0 aliphatic heterocycles. The first-order valence-electron chi connectivity index (χ1n) is 8.15. The van der Waals surface area contributed by atoms with Gasteiger partial charge in [0, 0.05) is 6.42 Å². The van der Waals surface area contributed by atoms with E-state index in [-0.39, 0.29) is 16.9 Å². The van der Waals surface area contributed by atoms with E-state index in [4.69, 9.17) is 23.8 Å². The molecular weight excluding hydrogens is 370 g/mol. The maximum atomic E-state index is 11.8. The van der Waals surface area contributed by atoms with Crippen molar-refractivity contribution in [3.8, 4) is 5.69 Å². The van der Waals surface area contributed by atoms with Crippen LogP contribution >= 0.6 is 23.8 Å². The zero-order valence-corrected chi connectivity index (χ0v) is 15.9. The van der Waals surface area contributed by atoms with E-state index in [0.29, 0.717) is 28.2 Å². The zero-order valence-electron chi connectivity index (χ0n) is 14.4. The van der Waals surface area contributed by atoms with Crippen LogP contribution in [0.15, 0.2) is 42.5 Å². The largest absolute Gasteiger partial charge is 0.331 e. The minimum absolute atomic E-state index is 0.135. The highest BCUT2D eigenvalue weighted by Gasteiger charge is 2.12. The molecule has 0 unspecified atom stereocenters. The van der Waals surface area contributed by atoms with Crippen molar-refractivity contribution in [2.24, 2.45) is 5.92 Å². The molecule has 0 aliphatic rings. The van der Waals surface area contributed by atoms with Crippen molar-refractivity contribution >= 4 is 51.6 Å². The first-order valence-corrected chi connectivity index (χ1v) is 8.94. The highest BCUT2D eigenvalue weighted by molar-refractivity contribution is 7.80. The lowest BCUT2D eigenvalue weighted by Crippen LogP contribution is -2.34. The van der Waals surface area contributed by atoms with Crippen molar-refractivity contribution in [3.05, 3.63) is 47.5 Å². The third-order valence-electron chi connectivity index (χ3n) is 3.55. The van der Waals surface area contributed by atoms with Crippen LogP contribution in [0.4, 0.5) is 5.69 Å². The van der Waals surface area contributed by atoms with Crippen LogP contribution in [0.25, 0.3) is 16.7 Å². The number of benzene rings is 2. The van der Waals surface area contributed by atoms with Crippen LogP contribution < -0.4 is 10.6 Å². The van der Waals surface area contributed by atoms with Gasteiger partial charge in [-0.3, -0.25) is 4.79 Å². The van der Waals surface area contributed by atoms with Crippen LogP contribution in [0.5, 0.6) is 0 Å². The number of fused-ring (bicyclic) bond motifs is 1. The van der Waals surface area contributed by atoms with E-state index in [2.05, 4.69) is 20.8 Å². The molecule has 0 bridgehead atoms. The molecule has 0 aliphatic carbocycles. The second-order valence-corrected chi connectivity index (χ2v) is 7.06. The van der Waals surface area contributed by atoms with Crippen molar-refractivity contribution in [2.75, 3.05) is 5.32 Å². The van der Waals surface area contributed by atoms with Crippen LogP contribution in [0, 0.1) is 5.92 Å². The predicted molar refractivity (Wildman–Crippen MR) is 108 cm³/mol. The summed E-state index contributed by atoms with van der Waals surface area (Å²) in [5, 5.41) is 15.1. The average molecular weight is 388 g/mol. The Morgan fingerprint density at radius 1 is 1.19 bits per heavy atom. The lowest BCUT2D eigenvalue weighted by Gasteiger charge is -2.11. The molecule has 0 saturated carbocycles. The van der Waals surface area contributed by atoms with E-state index in [0.717, 1.165) is 5.69 Å². The van der Waals surface area contributed by atoms with Gasteiger partial charge in [0.15, 0.2) is 5.11 Å². The molecule has 3 aromatic rings. The Labute approximate surface area is 161 Å². The van der Waals surface area contributed by atoms with Crippen molar-refractivity contribution < 1.29 is 4.79 Å². The summed E-state index contributed by atoms with van der Waals surface area (Å²) >= 11 is 11.5. The predicted octanol–water partition coefficient (Wildman–Crippen LogP) is 3.93. The molecule has 1 amide bonds. The van der Waals surface area contributed by atoms with Crippen molar-refractivity contribution in [2.45, 2.75) is 20.3 Å². The van der Waals surface area contributed by atoms with Crippen LogP contribution in [0.2, 0.25) is 5.02 Å². The van der Waals surface area contributed by atoms with E-state index >= 15 is 0 Å². The Hall–Kier alpha value is -2.51. The highest BCUT2D eigenvalue weighted by Crippen LogP contribution is 2.27. The molecule has 0 radical (unpaired) electrons. The second kappa shape index (κ2) is 7.80. The Morgan fingerprint density at radius 2 is 1.85 bits per heavy atom. The number of hydrogen-bond donors (Lipinski definition) is 2. The lowest BCUT2D eigenvalue weighted by molar-refractivity contribution is -0.120. The summed E-state index contributed by atoms with van der Waals surface area (Å²) in [4.78, 5) is 13.4. The van der Waals surface area contributed by atoms with Gasteiger partial charge in [-0.2, -0.15) is 4.80 Å². The fraction of sp³-hybridized carbons (Fsp3) is 0.222. The fourth-order valence-electron chi connectivity index (χ4n) is 2.41. The van der Waals surface area contributed by atoms with Gasteiger partial charge in [-0.15, -0.1) is 10.2 Å². The normalized spacial score (nSPS) is 10.9. The number of carbonyl (C=O) groups excluding carboxylic acids is 1. The van der Waals surface area contributed by atoms with Gasteiger partial charge < -0.3 is 10.6 Å². The molecule has 134 valence electrons. The molecule has 0 saturated heterocycles. The summed E-state index contributed by atoms with van der Waals surface area (Å²) < 4.78 is 0. The summed E-state index contributed by atoms with van der Waals surface area (Å²) in [5.74, 6) is 0.121. The average Bonchev–Trinajstić information content (AvgIpc) is 2.97. The number of halogens is 1. The molecular formula is C18H18ClN5OS. The topological polar surface area (TPSA) is 71.8 Å².